The molecular weight excluding hydrogens is 296 g/mol. The summed E-state index contributed by atoms with van der Waals surface area (Å²) in [6.07, 6.45) is 3.48. The van der Waals surface area contributed by atoms with E-state index in [4.69, 9.17) is 14.2 Å². The molecule has 1 aromatic rings. The molecule has 0 radical (unpaired) electrons. The van der Waals surface area contributed by atoms with Crippen molar-refractivity contribution in [2.75, 3.05) is 13.2 Å². The van der Waals surface area contributed by atoms with Crippen LogP contribution >= 0.6 is 0 Å². The fraction of sp³-hybridized carbons (Fsp3) is 0.500. The van der Waals surface area contributed by atoms with E-state index in [1.807, 2.05) is 26.0 Å². The van der Waals surface area contributed by atoms with E-state index >= 15 is 0 Å². The highest BCUT2D eigenvalue weighted by Crippen LogP contribution is 2.41. The van der Waals surface area contributed by atoms with Gasteiger partial charge in [-0.25, -0.2) is 4.79 Å². The Labute approximate surface area is 136 Å². The Bertz CT molecular complexity index is 564. The molecule has 2 atom stereocenters. The molecule has 0 saturated carbocycles. The fourth-order valence-electron chi connectivity index (χ4n) is 2.60. The van der Waals surface area contributed by atoms with E-state index in [-0.39, 0.29) is 23.7 Å². The molecule has 1 fully saturated rings. The molecule has 1 heterocycles. The van der Waals surface area contributed by atoms with Crippen molar-refractivity contribution >= 4 is 5.97 Å². The molecule has 1 saturated heterocycles. The first-order valence-corrected chi connectivity index (χ1v) is 7.86. The molecule has 0 amide bonds. The van der Waals surface area contributed by atoms with Crippen LogP contribution in [0.1, 0.15) is 38.9 Å². The van der Waals surface area contributed by atoms with Crippen molar-refractivity contribution in [1.82, 2.24) is 0 Å². The maximum atomic E-state index is 11.4. The molecule has 2 rings (SSSR count). The number of phenolic OH excluding ortho intramolecular Hbond substituents is 1. The maximum Gasteiger partial charge on any atom is 0.330 e. The minimum Gasteiger partial charge on any atom is -0.508 e. The number of carbonyl (C=O) groups excluding carboxylic acids is 1. The van der Waals surface area contributed by atoms with Crippen molar-refractivity contribution in [2.24, 2.45) is 5.92 Å². The summed E-state index contributed by atoms with van der Waals surface area (Å²) in [6.45, 7) is 6.31. The van der Waals surface area contributed by atoms with Gasteiger partial charge in [0.25, 0.3) is 0 Å². The summed E-state index contributed by atoms with van der Waals surface area (Å²) >= 11 is 0. The van der Waals surface area contributed by atoms with E-state index in [0.717, 1.165) is 5.56 Å². The van der Waals surface area contributed by atoms with Crippen molar-refractivity contribution < 1.29 is 24.1 Å². The molecule has 1 aromatic carbocycles. The highest BCUT2D eigenvalue weighted by Gasteiger charge is 2.37. The lowest BCUT2D eigenvalue weighted by molar-refractivity contribution is -0.295. The Kier molecular flexibility index (Phi) is 5.80. The van der Waals surface area contributed by atoms with Crippen LogP contribution in [-0.4, -0.2) is 30.1 Å². The molecule has 1 N–H and O–H groups in total. The zero-order valence-electron chi connectivity index (χ0n) is 13.8. The van der Waals surface area contributed by atoms with E-state index in [9.17, 15) is 9.90 Å². The molecule has 23 heavy (non-hydrogen) atoms. The van der Waals surface area contributed by atoms with Crippen LogP contribution in [0.15, 0.2) is 36.4 Å². The highest BCUT2D eigenvalue weighted by molar-refractivity contribution is 5.81. The molecule has 1 aliphatic heterocycles. The van der Waals surface area contributed by atoms with Gasteiger partial charge >= 0.3 is 5.97 Å². The first-order valence-electron chi connectivity index (χ1n) is 7.86. The summed E-state index contributed by atoms with van der Waals surface area (Å²) in [5, 5.41) is 10.1. The van der Waals surface area contributed by atoms with Crippen LogP contribution < -0.4 is 0 Å². The molecule has 126 valence electrons. The van der Waals surface area contributed by atoms with Crippen LogP contribution in [0.3, 0.4) is 0 Å². The lowest BCUT2D eigenvalue weighted by Crippen LogP contribution is -2.41. The number of aromatic hydroxyl groups is 1. The van der Waals surface area contributed by atoms with Gasteiger partial charge in [-0.2, -0.15) is 0 Å². The van der Waals surface area contributed by atoms with E-state index in [1.54, 1.807) is 25.1 Å². The zero-order chi connectivity index (χ0) is 16.9. The predicted octanol–water partition coefficient (Wildman–Crippen LogP) is 3.34. The normalized spacial score (nSPS) is 23.8. The third kappa shape index (κ3) is 4.81. The van der Waals surface area contributed by atoms with Gasteiger partial charge in [0, 0.05) is 17.6 Å². The third-order valence-electron chi connectivity index (χ3n) is 3.71. The van der Waals surface area contributed by atoms with E-state index < -0.39 is 5.79 Å². The van der Waals surface area contributed by atoms with E-state index in [2.05, 4.69) is 0 Å². The quantitative estimate of drug-likeness (QED) is 0.666. The molecule has 5 heteroatoms. The van der Waals surface area contributed by atoms with Gasteiger partial charge in [0.05, 0.1) is 19.3 Å². The first-order chi connectivity index (χ1) is 10.9. The van der Waals surface area contributed by atoms with Crippen molar-refractivity contribution in [2.45, 2.75) is 39.1 Å². The van der Waals surface area contributed by atoms with Gasteiger partial charge in [-0.1, -0.05) is 24.3 Å². The number of hydrogen-bond donors (Lipinski definition) is 1. The molecule has 0 spiro atoms. The summed E-state index contributed by atoms with van der Waals surface area (Å²) in [6, 6.07) is 7.14. The smallest absolute Gasteiger partial charge is 0.330 e. The number of esters is 1. The summed E-state index contributed by atoms with van der Waals surface area (Å²) in [5.41, 5.74) is 0.735. The van der Waals surface area contributed by atoms with Crippen LogP contribution in [0.25, 0.3) is 0 Å². The minimum absolute atomic E-state index is 0.00185. The van der Waals surface area contributed by atoms with Gasteiger partial charge in [-0.05, 0) is 33.3 Å². The largest absolute Gasteiger partial charge is 0.508 e. The molecule has 5 nitrogen and oxygen atoms in total. The maximum absolute atomic E-state index is 11.4. The molecule has 0 aromatic heterocycles. The van der Waals surface area contributed by atoms with Crippen molar-refractivity contribution in [3.63, 3.8) is 0 Å². The topological polar surface area (TPSA) is 65.0 Å². The average Bonchev–Trinajstić information content (AvgIpc) is 2.49. The van der Waals surface area contributed by atoms with Crippen LogP contribution in [0.4, 0.5) is 0 Å². The van der Waals surface area contributed by atoms with E-state index in [0.29, 0.717) is 19.6 Å². The summed E-state index contributed by atoms with van der Waals surface area (Å²) in [5.74, 6) is -0.866. The van der Waals surface area contributed by atoms with Gasteiger partial charge in [0.1, 0.15) is 5.75 Å². The zero-order valence-corrected chi connectivity index (χ0v) is 13.8. The molecule has 0 bridgehead atoms. The van der Waals surface area contributed by atoms with Gasteiger partial charge in [-0.15, -0.1) is 0 Å². The number of rotatable bonds is 5. The van der Waals surface area contributed by atoms with Crippen molar-refractivity contribution in [3.8, 4) is 5.75 Å². The lowest BCUT2D eigenvalue weighted by Gasteiger charge is -2.41. The first kappa shape index (κ1) is 17.5. The molecule has 1 unspecified atom stereocenters. The highest BCUT2D eigenvalue weighted by atomic mass is 16.7. The standard InChI is InChI=1S/C18H24O5/c1-4-21-16(20)11-7-8-13-12-22-18(2,3)23-17(13)14-9-5-6-10-15(14)19/h5-7,9-11,13,17,19H,4,8,12H2,1-3H3/t13-,17?/m1/s1. The van der Waals surface area contributed by atoms with Gasteiger partial charge in [-0.3, -0.25) is 0 Å². The second kappa shape index (κ2) is 7.62. The van der Waals surface area contributed by atoms with Crippen LogP contribution in [0, 0.1) is 5.92 Å². The number of allylic oxidation sites excluding steroid dienone is 1. The van der Waals surface area contributed by atoms with Crippen LogP contribution in [0.2, 0.25) is 0 Å². The monoisotopic (exact) mass is 320 g/mol. The number of carbonyl (C=O) groups is 1. The average molecular weight is 320 g/mol. The van der Waals surface area contributed by atoms with Crippen LogP contribution in [-0.2, 0) is 19.0 Å². The Morgan fingerprint density at radius 3 is 2.87 bits per heavy atom. The summed E-state index contributed by atoms with van der Waals surface area (Å²) in [4.78, 5) is 11.4. The molecule has 1 aliphatic rings. The van der Waals surface area contributed by atoms with Gasteiger partial charge < -0.3 is 19.3 Å². The number of ether oxygens (including phenoxy) is 3. The van der Waals surface area contributed by atoms with Gasteiger partial charge in [0.15, 0.2) is 5.79 Å². The number of benzene rings is 1. The predicted molar refractivity (Wildman–Crippen MR) is 85.8 cm³/mol. The van der Waals surface area contributed by atoms with Crippen molar-refractivity contribution in [3.05, 3.63) is 42.0 Å². The minimum atomic E-state index is -0.714. The molecular formula is C18H24O5. The summed E-state index contributed by atoms with van der Waals surface area (Å²) in [7, 11) is 0. The lowest BCUT2D eigenvalue weighted by atomic mass is 9.91. The third-order valence-corrected chi connectivity index (χ3v) is 3.71. The molecule has 0 aliphatic carbocycles. The Morgan fingerprint density at radius 1 is 1.43 bits per heavy atom. The number of para-hydroxylation sites is 1. The van der Waals surface area contributed by atoms with Gasteiger partial charge in [0.2, 0.25) is 0 Å². The number of phenols is 1. The SMILES string of the molecule is CCOC(=O)C=CC[C@@H]1COC(C)(C)OC1c1ccccc1O. The van der Waals surface area contributed by atoms with Crippen LogP contribution in [0.5, 0.6) is 5.75 Å². The Balaban J connectivity index is 2.13. The van der Waals surface area contributed by atoms with Crippen molar-refractivity contribution in [1.29, 1.82) is 0 Å². The number of hydrogen-bond acceptors (Lipinski definition) is 5. The Morgan fingerprint density at radius 2 is 2.17 bits per heavy atom. The second-order valence-electron chi connectivity index (χ2n) is 5.96. The fourth-order valence-corrected chi connectivity index (χ4v) is 2.60. The summed E-state index contributed by atoms with van der Waals surface area (Å²) < 4.78 is 16.6. The Hall–Kier alpha value is -1.85. The van der Waals surface area contributed by atoms with E-state index in [1.165, 1.54) is 6.08 Å². The second-order valence-corrected chi connectivity index (χ2v) is 5.96.